The number of methoxy groups -OCH3 is 1. The minimum absolute atomic E-state index is 0.165. The van der Waals surface area contributed by atoms with E-state index in [1.165, 1.54) is 5.56 Å². The van der Waals surface area contributed by atoms with Gasteiger partial charge in [-0.05, 0) is 19.4 Å². The Labute approximate surface area is 81.7 Å². The van der Waals surface area contributed by atoms with Crippen molar-refractivity contribution in [1.82, 2.24) is 0 Å². The van der Waals surface area contributed by atoms with E-state index in [4.69, 9.17) is 4.74 Å². The molecule has 0 spiro atoms. The third-order valence-corrected chi connectivity index (χ3v) is 1.98. The highest BCUT2D eigenvalue weighted by atomic mass is 16.5. The van der Waals surface area contributed by atoms with Gasteiger partial charge in [-0.25, -0.2) is 0 Å². The maximum absolute atomic E-state index is 5.32. The first-order valence-electron chi connectivity index (χ1n) is 4.77. The molecule has 0 aromatic heterocycles. The Morgan fingerprint density at radius 1 is 1.00 bits per heavy atom. The lowest BCUT2D eigenvalue weighted by atomic mass is 9.98. The summed E-state index contributed by atoms with van der Waals surface area (Å²) >= 11 is 0. The summed E-state index contributed by atoms with van der Waals surface area (Å²) in [6.07, 6.45) is 0. The van der Waals surface area contributed by atoms with Crippen LogP contribution in [0, 0.1) is 0 Å². The van der Waals surface area contributed by atoms with Gasteiger partial charge in [0.1, 0.15) is 0 Å². The van der Waals surface area contributed by atoms with Crippen molar-refractivity contribution in [1.29, 1.82) is 0 Å². The van der Waals surface area contributed by atoms with E-state index in [2.05, 4.69) is 26.0 Å². The summed E-state index contributed by atoms with van der Waals surface area (Å²) in [7, 11) is 1.73. The Morgan fingerprint density at radius 2 is 1.46 bits per heavy atom. The highest BCUT2D eigenvalue weighted by Gasteiger charge is 2.17. The fourth-order valence-electron chi connectivity index (χ4n) is 0.957. The van der Waals surface area contributed by atoms with Crippen LogP contribution in [-0.2, 0) is 10.3 Å². The molecule has 0 aliphatic heterocycles. The van der Waals surface area contributed by atoms with Crippen LogP contribution >= 0.6 is 0 Å². The molecule has 0 bridgehead atoms. The molecule has 0 amide bonds. The number of benzene rings is 1. The molecule has 0 aliphatic carbocycles. The largest absolute Gasteiger partial charge is 0.374 e. The van der Waals surface area contributed by atoms with Gasteiger partial charge in [0.25, 0.3) is 0 Å². The van der Waals surface area contributed by atoms with Crippen LogP contribution < -0.4 is 0 Å². The van der Waals surface area contributed by atoms with Gasteiger partial charge >= 0.3 is 0 Å². The molecule has 0 saturated heterocycles. The van der Waals surface area contributed by atoms with Crippen molar-refractivity contribution >= 4 is 0 Å². The summed E-state index contributed by atoms with van der Waals surface area (Å²) in [6.45, 7) is 8.12. The summed E-state index contributed by atoms with van der Waals surface area (Å²) in [4.78, 5) is 0. The van der Waals surface area contributed by atoms with Gasteiger partial charge < -0.3 is 4.74 Å². The van der Waals surface area contributed by atoms with Crippen LogP contribution in [0.5, 0.6) is 0 Å². The normalized spacial score (nSPS) is 10.2. The van der Waals surface area contributed by atoms with Gasteiger partial charge in [-0.2, -0.15) is 0 Å². The van der Waals surface area contributed by atoms with Crippen LogP contribution in [0.1, 0.15) is 33.3 Å². The highest BCUT2D eigenvalue weighted by Crippen LogP contribution is 2.22. The summed E-state index contributed by atoms with van der Waals surface area (Å²) in [5, 5.41) is 0. The highest BCUT2D eigenvalue weighted by molar-refractivity contribution is 5.20. The fourth-order valence-corrected chi connectivity index (χ4v) is 0.957. The van der Waals surface area contributed by atoms with Crippen molar-refractivity contribution < 1.29 is 4.74 Å². The Balaban J connectivity index is 0.000000671. The van der Waals surface area contributed by atoms with Crippen molar-refractivity contribution in [2.45, 2.75) is 33.3 Å². The SMILES string of the molecule is CC.COC(C)(C)c1ccccc1. The molecule has 0 radical (unpaired) electrons. The second-order valence-corrected chi connectivity index (χ2v) is 3.08. The van der Waals surface area contributed by atoms with Gasteiger partial charge in [0.05, 0.1) is 5.60 Å². The van der Waals surface area contributed by atoms with Gasteiger partial charge in [0.15, 0.2) is 0 Å². The van der Waals surface area contributed by atoms with E-state index in [-0.39, 0.29) is 5.60 Å². The molecule has 0 N–H and O–H groups in total. The average molecular weight is 180 g/mol. The second kappa shape index (κ2) is 5.76. The van der Waals surface area contributed by atoms with Crippen LogP contribution in [0.4, 0.5) is 0 Å². The molecular formula is C12H20O. The standard InChI is InChI=1S/C10H14O.C2H6/c1-10(2,11-3)9-7-5-4-6-8-9;1-2/h4-8H,1-3H3;1-2H3. The topological polar surface area (TPSA) is 9.23 Å². The van der Waals surface area contributed by atoms with E-state index in [1.54, 1.807) is 7.11 Å². The monoisotopic (exact) mass is 180 g/mol. The zero-order chi connectivity index (χ0) is 10.3. The van der Waals surface area contributed by atoms with Crippen molar-refractivity contribution in [3.8, 4) is 0 Å². The number of rotatable bonds is 2. The lowest BCUT2D eigenvalue weighted by molar-refractivity contribution is 0.0192. The summed E-state index contributed by atoms with van der Waals surface area (Å²) in [6, 6.07) is 10.2. The van der Waals surface area contributed by atoms with E-state index in [1.807, 2.05) is 32.0 Å². The first-order valence-corrected chi connectivity index (χ1v) is 4.77. The number of hydrogen-bond donors (Lipinski definition) is 0. The second-order valence-electron chi connectivity index (χ2n) is 3.08. The molecule has 0 atom stereocenters. The van der Waals surface area contributed by atoms with Crippen molar-refractivity contribution in [3.63, 3.8) is 0 Å². The molecule has 0 aliphatic rings. The molecule has 1 nitrogen and oxygen atoms in total. The lowest BCUT2D eigenvalue weighted by Gasteiger charge is -2.22. The quantitative estimate of drug-likeness (QED) is 0.675. The summed E-state index contributed by atoms with van der Waals surface area (Å²) in [5.41, 5.74) is 1.05. The van der Waals surface area contributed by atoms with Crippen molar-refractivity contribution in [2.24, 2.45) is 0 Å². The smallest absolute Gasteiger partial charge is 0.0871 e. The molecule has 1 rings (SSSR count). The van der Waals surface area contributed by atoms with Gasteiger partial charge in [-0.1, -0.05) is 44.2 Å². The molecule has 13 heavy (non-hydrogen) atoms. The van der Waals surface area contributed by atoms with E-state index < -0.39 is 0 Å². The molecule has 1 aromatic rings. The van der Waals surface area contributed by atoms with Gasteiger partial charge in [0.2, 0.25) is 0 Å². The Morgan fingerprint density at radius 3 is 1.85 bits per heavy atom. The van der Waals surface area contributed by atoms with Crippen LogP contribution in [0.3, 0.4) is 0 Å². The van der Waals surface area contributed by atoms with E-state index in [0.717, 1.165) is 0 Å². The molecule has 1 aromatic carbocycles. The van der Waals surface area contributed by atoms with Crippen LogP contribution in [-0.4, -0.2) is 7.11 Å². The van der Waals surface area contributed by atoms with Crippen LogP contribution in [0.15, 0.2) is 30.3 Å². The summed E-state index contributed by atoms with van der Waals surface area (Å²) in [5.74, 6) is 0. The molecule has 0 saturated carbocycles. The van der Waals surface area contributed by atoms with E-state index >= 15 is 0 Å². The fraction of sp³-hybridized carbons (Fsp3) is 0.500. The Hall–Kier alpha value is -0.820. The Bertz CT molecular complexity index is 214. The molecule has 0 fully saturated rings. The molecular weight excluding hydrogens is 160 g/mol. The summed E-state index contributed by atoms with van der Waals surface area (Å²) < 4.78 is 5.32. The van der Waals surface area contributed by atoms with Crippen molar-refractivity contribution in [3.05, 3.63) is 35.9 Å². The van der Waals surface area contributed by atoms with Crippen molar-refractivity contribution in [2.75, 3.05) is 7.11 Å². The van der Waals surface area contributed by atoms with Gasteiger partial charge in [-0.3, -0.25) is 0 Å². The third-order valence-electron chi connectivity index (χ3n) is 1.98. The minimum Gasteiger partial charge on any atom is -0.374 e. The molecule has 74 valence electrons. The minimum atomic E-state index is -0.165. The van der Waals surface area contributed by atoms with Gasteiger partial charge in [0, 0.05) is 7.11 Å². The first kappa shape index (κ1) is 12.2. The maximum atomic E-state index is 5.32. The first-order chi connectivity index (χ1) is 6.17. The van der Waals surface area contributed by atoms with Gasteiger partial charge in [-0.15, -0.1) is 0 Å². The van der Waals surface area contributed by atoms with Crippen LogP contribution in [0.2, 0.25) is 0 Å². The Kier molecular flexibility index (Phi) is 5.40. The number of ether oxygens (including phenoxy) is 1. The molecule has 1 heteroatoms. The zero-order valence-electron chi connectivity index (χ0n) is 9.29. The molecule has 0 unspecified atom stereocenters. The van der Waals surface area contributed by atoms with Crippen LogP contribution in [0.25, 0.3) is 0 Å². The zero-order valence-corrected chi connectivity index (χ0v) is 9.29. The predicted octanol–water partition coefficient (Wildman–Crippen LogP) is 3.59. The average Bonchev–Trinajstić information content (AvgIpc) is 2.22. The predicted molar refractivity (Wildman–Crippen MR) is 57.8 cm³/mol. The number of hydrogen-bond acceptors (Lipinski definition) is 1. The van der Waals surface area contributed by atoms with E-state index in [9.17, 15) is 0 Å². The van der Waals surface area contributed by atoms with E-state index in [0.29, 0.717) is 0 Å². The molecule has 0 heterocycles. The third kappa shape index (κ3) is 3.60. The lowest BCUT2D eigenvalue weighted by Crippen LogP contribution is -2.18. The maximum Gasteiger partial charge on any atom is 0.0871 e.